The number of aliphatic hydroxyl groups is 1. The summed E-state index contributed by atoms with van der Waals surface area (Å²) in [6.45, 7) is 4.72. The first-order valence-electron chi connectivity index (χ1n) is 7.26. The van der Waals surface area contributed by atoms with Gasteiger partial charge in [0.05, 0.1) is 6.10 Å². The molecule has 2 aromatic carbocycles. The quantitative estimate of drug-likeness (QED) is 0.868. The number of benzene rings is 2. The molecule has 21 heavy (non-hydrogen) atoms. The van der Waals surface area contributed by atoms with Crippen molar-refractivity contribution in [2.45, 2.75) is 31.8 Å². The smallest absolute Gasteiger partial charge is 0.0870 e. The van der Waals surface area contributed by atoms with E-state index in [1.54, 1.807) is 12.1 Å². The Hall–Kier alpha value is -1.35. The van der Waals surface area contributed by atoms with Crippen molar-refractivity contribution >= 4 is 11.6 Å². The van der Waals surface area contributed by atoms with Crippen LogP contribution in [-0.4, -0.2) is 11.7 Å². The lowest BCUT2D eigenvalue weighted by molar-refractivity contribution is 0.147. The molecule has 0 radical (unpaired) electrons. The van der Waals surface area contributed by atoms with Gasteiger partial charge >= 0.3 is 0 Å². The fourth-order valence-corrected chi connectivity index (χ4v) is 2.59. The summed E-state index contributed by atoms with van der Waals surface area (Å²) in [4.78, 5) is 0. The van der Waals surface area contributed by atoms with E-state index in [1.165, 1.54) is 5.56 Å². The highest BCUT2D eigenvalue weighted by Gasteiger charge is 2.21. The topological polar surface area (TPSA) is 46.2 Å². The van der Waals surface area contributed by atoms with Crippen LogP contribution < -0.4 is 5.73 Å². The fraction of sp³-hybridized carbons (Fsp3) is 0.333. The summed E-state index contributed by atoms with van der Waals surface area (Å²) in [6, 6.07) is 15.6. The van der Waals surface area contributed by atoms with Crippen LogP contribution in [0.5, 0.6) is 0 Å². The maximum atomic E-state index is 10.6. The Morgan fingerprint density at radius 3 is 1.86 bits per heavy atom. The molecular weight excluding hydrogens is 282 g/mol. The first-order chi connectivity index (χ1) is 10.0. The average Bonchev–Trinajstić information content (AvgIpc) is 2.49. The Morgan fingerprint density at radius 1 is 0.905 bits per heavy atom. The summed E-state index contributed by atoms with van der Waals surface area (Å²) < 4.78 is 0. The van der Waals surface area contributed by atoms with Gasteiger partial charge in [-0.1, -0.05) is 61.8 Å². The Morgan fingerprint density at radius 2 is 1.38 bits per heavy atom. The number of rotatable bonds is 5. The van der Waals surface area contributed by atoms with E-state index in [9.17, 15) is 5.11 Å². The van der Waals surface area contributed by atoms with Gasteiger partial charge in [-0.15, -0.1) is 0 Å². The van der Waals surface area contributed by atoms with Crippen molar-refractivity contribution in [2.75, 3.05) is 6.54 Å². The summed E-state index contributed by atoms with van der Waals surface area (Å²) in [6.07, 6.45) is -0.628. The van der Waals surface area contributed by atoms with E-state index in [-0.39, 0.29) is 5.92 Å². The van der Waals surface area contributed by atoms with Gasteiger partial charge in [-0.25, -0.2) is 0 Å². The van der Waals surface area contributed by atoms with Crippen molar-refractivity contribution in [3.63, 3.8) is 0 Å². The lowest BCUT2D eigenvalue weighted by Gasteiger charge is -2.23. The summed E-state index contributed by atoms with van der Waals surface area (Å²) in [5, 5.41) is 11.2. The summed E-state index contributed by atoms with van der Waals surface area (Å²) in [7, 11) is 0. The lowest BCUT2D eigenvalue weighted by atomic mass is 9.88. The van der Waals surface area contributed by atoms with E-state index in [2.05, 4.69) is 38.1 Å². The van der Waals surface area contributed by atoms with Crippen LogP contribution in [-0.2, 0) is 0 Å². The number of halogens is 1. The highest BCUT2D eigenvalue weighted by molar-refractivity contribution is 6.30. The molecule has 0 spiro atoms. The van der Waals surface area contributed by atoms with E-state index < -0.39 is 6.10 Å². The molecule has 0 saturated carbocycles. The largest absolute Gasteiger partial charge is 0.388 e. The highest BCUT2D eigenvalue weighted by atomic mass is 35.5. The average molecular weight is 304 g/mol. The molecule has 0 bridgehead atoms. The second-order valence-corrected chi connectivity index (χ2v) is 6.10. The van der Waals surface area contributed by atoms with Crippen LogP contribution in [0.25, 0.3) is 0 Å². The minimum Gasteiger partial charge on any atom is -0.388 e. The molecule has 0 saturated heterocycles. The van der Waals surface area contributed by atoms with Crippen LogP contribution in [0.3, 0.4) is 0 Å². The van der Waals surface area contributed by atoms with Crippen LogP contribution in [0.2, 0.25) is 5.02 Å². The highest BCUT2D eigenvalue weighted by Crippen LogP contribution is 2.31. The molecule has 0 aliphatic carbocycles. The molecule has 2 nitrogen and oxygen atoms in total. The molecule has 0 aliphatic heterocycles. The summed E-state index contributed by atoms with van der Waals surface area (Å²) >= 11 is 5.89. The van der Waals surface area contributed by atoms with E-state index in [4.69, 9.17) is 17.3 Å². The number of hydrogen-bond acceptors (Lipinski definition) is 2. The molecule has 3 N–H and O–H groups in total. The van der Waals surface area contributed by atoms with Crippen LogP contribution in [0.4, 0.5) is 0 Å². The van der Waals surface area contributed by atoms with Gasteiger partial charge in [0, 0.05) is 17.5 Å². The predicted octanol–water partition coefficient (Wildman–Crippen LogP) is 4.24. The van der Waals surface area contributed by atoms with Crippen LogP contribution in [0, 0.1) is 0 Å². The van der Waals surface area contributed by atoms with Gasteiger partial charge in [0.25, 0.3) is 0 Å². The van der Waals surface area contributed by atoms with Gasteiger partial charge in [-0.2, -0.15) is 0 Å². The minimum absolute atomic E-state index is 0.118. The number of aliphatic hydroxyl groups excluding tert-OH is 1. The van der Waals surface area contributed by atoms with Gasteiger partial charge < -0.3 is 10.8 Å². The monoisotopic (exact) mass is 303 g/mol. The molecule has 112 valence electrons. The van der Waals surface area contributed by atoms with E-state index >= 15 is 0 Å². The Balaban J connectivity index is 2.23. The zero-order valence-electron chi connectivity index (χ0n) is 12.5. The Bertz CT molecular complexity index is 563. The lowest BCUT2D eigenvalue weighted by Crippen LogP contribution is -2.20. The number of hydrogen-bond donors (Lipinski definition) is 2. The summed E-state index contributed by atoms with van der Waals surface area (Å²) in [5.74, 6) is 0.379. The van der Waals surface area contributed by atoms with Crippen molar-refractivity contribution < 1.29 is 5.11 Å². The number of nitrogens with two attached hydrogens (primary N) is 1. The molecule has 2 rings (SSSR count). The van der Waals surface area contributed by atoms with Gasteiger partial charge in [0.2, 0.25) is 0 Å². The molecule has 0 heterocycles. The maximum absolute atomic E-state index is 10.6. The molecule has 2 unspecified atom stereocenters. The van der Waals surface area contributed by atoms with Crippen LogP contribution >= 0.6 is 11.6 Å². The first kappa shape index (κ1) is 16.0. The van der Waals surface area contributed by atoms with Gasteiger partial charge in [0.15, 0.2) is 0 Å². The van der Waals surface area contributed by atoms with Crippen molar-refractivity contribution in [3.05, 3.63) is 70.2 Å². The maximum Gasteiger partial charge on any atom is 0.0870 e. The standard InChI is InChI=1S/C18H22ClNO/c1-12(2)13-3-5-14(6-4-13)17(11-20)18(21)15-7-9-16(19)10-8-15/h3-10,12,17-18,21H,11,20H2,1-2H3. The molecule has 0 aliphatic rings. The molecule has 0 fully saturated rings. The summed E-state index contributed by atoms with van der Waals surface area (Å²) in [5.41, 5.74) is 9.07. The van der Waals surface area contributed by atoms with Crippen molar-refractivity contribution in [1.82, 2.24) is 0 Å². The van der Waals surface area contributed by atoms with E-state index in [0.717, 1.165) is 11.1 Å². The van der Waals surface area contributed by atoms with Gasteiger partial charge in [-0.05, 0) is 34.7 Å². The normalized spacial score (nSPS) is 14.2. The van der Waals surface area contributed by atoms with E-state index in [1.807, 2.05) is 12.1 Å². The van der Waals surface area contributed by atoms with Gasteiger partial charge in [0.1, 0.15) is 0 Å². The molecular formula is C18H22ClNO. The van der Waals surface area contributed by atoms with Crippen LogP contribution in [0.15, 0.2) is 48.5 Å². The zero-order chi connectivity index (χ0) is 15.4. The molecule has 2 atom stereocenters. The zero-order valence-corrected chi connectivity index (χ0v) is 13.2. The predicted molar refractivity (Wildman–Crippen MR) is 88.7 cm³/mol. The third-order valence-corrected chi connectivity index (χ3v) is 4.13. The first-order valence-corrected chi connectivity index (χ1v) is 7.64. The molecule has 0 aromatic heterocycles. The van der Waals surface area contributed by atoms with Crippen molar-refractivity contribution in [2.24, 2.45) is 5.73 Å². The van der Waals surface area contributed by atoms with Crippen molar-refractivity contribution in [3.8, 4) is 0 Å². The second kappa shape index (κ2) is 7.08. The molecule has 2 aromatic rings. The van der Waals surface area contributed by atoms with Gasteiger partial charge in [-0.3, -0.25) is 0 Å². The van der Waals surface area contributed by atoms with Crippen LogP contribution in [0.1, 0.15) is 48.5 Å². The minimum atomic E-state index is -0.628. The second-order valence-electron chi connectivity index (χ2n) is 5.66. The molecule has 0 amide bonds. The van der Waals surface area contributed by atoms with Crippen molar-refractivity contribution in [1.29, 1.82) is 0 Å². The third-order valence-electron chi connectivity index (χ3n) is 3.88. The molecule has 3 heteroatoms. The Kier molecular flexibility index (Phi) is 5.40. The fourth-order valence-electron chi connectivity index (χ4n) is 2.47. The van der Waals surface area contributed by atoms with E-state index in [0.29, 0.717) is 17.5 Å². The third kappa shape index (κ3) is 3.85. The Labute approximate surface area is 131 Å². The SMILES string of the molecule is CC(C)c1ccc(C(CN)C(O)c2ccc(Cl)cc2)cc1.